The molecule has 3 rings (SSSR count). The topological polar surface area (TPSA) is 53.7 Å². The molecule has 116 valence electrons. The molecular formula is C13H14F3NO3S. The quantitative estimate of drug-likeness (QED) is 0.851. The SMILES string of the molecule is O=C(c1ccc(SC(F)(F)F)o1)N1C2CCC1CC(O)C2. The summed E-state index contributed by atoms with van der Waals surface area (Å²) < 4.78 is 41.8. The van der Waals surface area contributed by atoms with Crippen LogP contribution < -0.4 is 0 Å². The summed E-state index contributed by atoms with van der Waals surface area (Å²) >= 11 is -0.374. The van der Waals surface area contributed by atoms with Gasteiger partial charge in [-0.25, -0.2) is 0 Å². The number of hydrogen-bond donors (Lipinski definition) is 1. The van der Waals surface area contributed by atoms with Crippen LogP contribution in [0.5, 0.6) is 0 Å². The van der Waals surface area contributed by atoms with Crippen molar-refractivity contribution in [3.8, 4) is 0 Å². The molecule has 2 saturated heterocycles. The summed E-state index contributed by atoms with van der Waals surface area (Å²) in [5.41, 5.74) is -4.44. The highest BCUT2D eigenvalue weighted by atomic mass is 32.2. The Morgan fingerprint density at radius 1 is 1.29 bits per heavy atom. The Kier molecular flexibility index (Phi) is 3.69. The van der Waals surface area contributed by atoms with Crippen molar-refractivity contribution in [2.75, 3.05) is 0 Å². The predicted octanol–water partition coefficient (Wildman–Crippen LogP) is 3.02. The Morgan fingerprint density at radius 2 is 1.90 bits per heavy atom. The number of amides is 1. The van der Waals surface area contributed by atoms with Crippen LogP contribution >= 0.6 is 11.8 Å². The summed E-state index contributed by atoms with van der Waals surface area (Å²) in [6, 6.07) is 2.35. The molecule has 2 aliphatic heterocycles. The Bertz CT molecular complexity index is 531. The number of halogens is 3. The lowest BCUT2D eigenvalue weighted by Crippen LogP contribution is -2.47. The van der Waals surface area contributed by atoms with Gasteiger partial charge in [-0.05, 0) is 37.8 Å². The van der Waals surface area contributed by atoms with Crippen molar-refractivity contribution in [3.05, 3.63) is 17.9 Å². The zero-order chi connectivity index (χ0) is 15.2. The molecule has 4 nitrogen and oxygen atoms in total. The lowest BCUT2D eigenvalue weighted by molar-refractivity contribution is -0.0336. The van der Waals surface area contributed by atoms with E-state index in [2.05, 4.69) is 0 Å². The molecular weight excluding hydrogens is 307 g/mol. The van der Waals surface area contributed by atoms with Crippen molar-refractivity contribution >= 4 is 17.7 Å². The fourth-order valence-corrected chi connectivity index (χ4v) is 3.71. The number of piperidine rings is 1. The maximum Gasteiger partial charge on any atom is 0.449 e. The van der Waals surface area contributed by atoms with Gasteiger partial charge in [-0.15, -0.1) is 0 Å². The van der Waals surface area contributed by atoms with Gasteiger partial charge in [-0.3, -0.25) is 4.79 Å². The van der Waals surface area contributed by atoms with Crippen molar-refractivity contribution in [2.24, 2.45) is 0 Å². The highest BCUT2D eigenvalue weighted by Crippen LogP contribution is 2.39. The summed E-state index contributed by atoms with van der Waals surface area (Å²) in [6.45, 7) is 0. The van der Waals surface area contributed by atoms with Gasteiger partial charge in [0, 0.05) is 23.8 Å². The number of furan rings is 1. The normalized spacial score (nSPS) is 29.0. The van der Waals surface area contributed by atoms with Crippen molar-refractivity contribution in [3.63, 3.8) is 0 Å². The minimum Gasteiger partial charge on any atom is -0.444 e. The van der Waals surface area contributed by atoms with Crippen LogP contribution in [-0.2, 0) is 0 Å². The number of fused-ring (bicyclic) bond motifs is 2. The molecule has 2 fully saturated rings. The van der Waals surface area contributed by atoms with Gasteiger partial charge in [0.2, 0.25) is 0 Å². The second kappa shape index (κ2) is 5.24. The number of carbonyl (C=O) groups excluding carboxylic acids is 1. The molecule has 1 aromatic heterocycles. The second-order valence-corrected chi connectivity index (χ2v) is 6.46. The van der Waals surface area contributed by atoms with Gasteiger partial charge in [0.15, 0.2) is 10.9 Å². The maximum atomic E-state index is 12.4. The molecule has 2 aliphatic rings. The van der Waals surface area contributed by atoms with Crippen molar-refractivity contribution in [2.45, 2.75) is 54.5 Å². The van der Waals surface area contributed by atoms with Crippen LogP contribution in [0.4, 0.5) is 13.2 Å². The van der Waals surface area contributed by atoms with Gasteiger partial charge in [0.25, 0.3) is 5.91 Å². The molecule has 0 aromatic carbocycles. The average Bonchev–Trinajstić information content (AvgIpc) is 2.90. The van der Waals surface area contributed by atoms with Crippen LogP contribution in [0.2, 0.25) is 0 Å². The third kappa shape index (κ3) is 3.06. The van der Waals surface area contributed by atoms with Crippen LogP contribution in [0.15, 0.2) is 21.6 Å². The monoisotopic (exact) mass is 321 g/mol. The molecule has 2 bridgehead atoms. The molecule has 0 radical (unpaired) electrons. The van der Waals surface area contributed by atoms with Crippen LogP contribution in [0.3, 0.4) is 0 Å². The summed E-state index contributed by atoms with van der Waals surface area (Å²) in [5.74, 6) is -0.460. The third-order valence-electron chi connectivity index (χ3n) is 3.95. The van der Waals surface area contributed by atoms with E-state index in [4.69, 9.17) is 4.42 Å². The predicted molar refractivity (Wildman–Crippen MR) is 68.8 cm³/mol. The molecule has 0 saturated carbocycles. The van der Waals surface area contributed by atoms with Crippen LogP contribution in [0.25, 0.3) is 0 Å². The van der Waals surface area contributed by atoms with E-state index in [0.717, 1.165) is 18.9 Å². The Morgan fingerprint density at radius 3 is 2.48 bits per heavy atom. The smallest absolute Gasteiger partial charge is 0.444 e. The number of rotatable bonds is 2. The number of aliphatic hydroxyl groups is 1. The first-order valence-electron chi connectivity index (χ1n) is 6.70. The fourth-order valence-electron chi connectivity index (χ4n) is 3.21. The third-order valence-corrected chi connectivity index (χ3v) is 4.60. The van der Waals surface area contributed by atoms with Crippen molar-refractivity contribution < 1.29 is 27.5 Å². The molecule has 1 N–H and O–H groups in total. The van der Waals surface area contributed by atoms with E-state index in [-0.39, 0.29) is 40.6 Å². The van der Waals surface area contributed by atoms with Gasteiger partial charge < -0.3 is 14.4 Å². The van der Waals surface area contributed by atoms with Gasteiger partial charge in [0.05, 0.1) is 6.10 Å². The van der Waals surface area contributed by atoms with E-state index in [1.54, 1.807) is 4.90 Å². The van der Waals surface area contributed by atoms with E-state index < -0.39 is 11.6 Å². The molecule has 2 atom stereocenters. The highest BCUT2D eigenvalue weighted by molar-refractivity contribution is 8.00. The lowest BCUT2D eigenvalue weighted by atomic mass is 9.99. The Balaban J connectivity index is 1.74. The van der Waals surface area contributed by atoms with E-state index in [1.165, 1.54) is 6.07 Å². The molecule has 0 spiro atoms. The molecule has 8 heteroatoms. The van der Waals surface area contributed by atoms with Gasteiger partial charge in [0.1, 0.15) is 0 Å². The van der Waals surface area contributed by atoms with Crippen LogP contribution in [-0.4, -0.2) is 39.6 Å². The number of alkyl halides is 3. The molecule has 2 unspecified atom stereocenters. The number of hydrogen-bond acceptors (Lipinski definition) is 4. The minimum absolute atomic E-state index is 0.0462. The summed E-state index contributed by atoms with van der Waals surface area (Å²) in [4.78, 5) is 14.1. The number of carbonyl (C=O) groups is 1. The maximum absolute atomic E-state index is 12.4. The van der Waals surface area contributed by atoms with Crippen LogP contribution in [0.1, 0.15) is 36.2 Å². The second-order valence-electron chi connectivity index (χ2n) is 5.39. The first-order chi connectivity index (χ1) is 9.83. The zero-order valence-corrected chi connectivity index (χ0v) is 11.8. The standard InChI is InChI=1S/C13H14F3NO3S/c14-13(15,16)21-11-4-3-10(20-11)12(19)17-7-1-2-8(17)6-9(18)5-7/h3-4,7-9,18H,1-2,5-6H2. The molecule has 0 aliphatic carbocycles. The largest absolute Gasteiger partial charge is 0.449 e. The zero-order valence-electron chi connectivity index (χ0n) is 11.0. The average molecular weight is 321 g/mol. The Labute approximate surface area is 123 Å². The Hall–Kier alpha value is -1.15. The van der Waals surface area contributed by atoms with Crippen molar-refractivity contribution in [1.82, 2.24) is 4.90 Å². The molecule has 1 amide bonds. The number of thioether (sulfide) groups is 1. The highest BCUT2D eigenvalue weighted by Gasteiger charge is 2.43. The van der Waals surface area contributed by atoms with E-state index >= 15 is 0 Å². The summed E-state index contributed by atoms with van der Waals surface area (Å²) in [5, 5.41) is 9.36. The number of aliphatic hydroxyl groups excluding tert-OH is 1. The van der Waals surface area contributed by atoms with Crippen molar-refractivity contribution in [1.29, 1.82) is 0 Å². The lowest BCUT2D eigenvalue weighted by Gasteiger charge is -2.36. The number of nitrogens with zero attached hydrogens (tertiary/aromatic N) is 1. The first kappa shape index (κ1) is 14.8. The van der Waals surface area contributed by atoms with Gasteiger partial charge in [-0.1, -0.05) is 0 Å². The van der Waals surface area contributed by atoms with Crippen LogP contribution in [0, 0.1) is 0 Å². The minimum atomic E-state index is -4.44. The van der Waals surface area contributed by atoms with E-state index in [9.17, 15) is 23.1 Å². The van der Waals surface area contributed by atoms with Gasteiger partial charge in [-0.2, -0.15) is 13.2 Å². The molecule has 21 heavy (non-hydrogen) atoms. The van der Waals surface area contributed by atoms with Gasteiger partial charge >= 0.3 is 5.51 Å². The fraction of sp³-hybridized carbons (Fsp3) is 0.615. The van der Waals surface area contributed by atoms with E-state index in [1.807, 2.05) is 0 Å². The molecule has 1 aromatic rings. The van der Waals surface area contributed by atoms with E-state index in [0.29, 0.717) is 12.8 Å². The summed E-state index contributed by atoms with van der Waals surface area (Å²) in [7, 11) is 0. The summed E-state index contributed by atoms with van der Waals surface area (Å²) in [6.07, 6.45) is 2.27. The first-order valence-corrected chi connectivity index (χ1v) is 7.51. The molecule has 3 heterocycles.